The molecule has 238 valence electrons. The highest BCUT2D eigenvalue weighted by Crippen LogP contribution is 2.32. The van der Waals surface area contributed by atoms with Gasteiger partial charge in [0.1, 0.15) is 6.10 Å². The van der Waals surface area contributed by atoms with Gasteiger partial charge in [-0.1, -0.05) is 78.9 Å². The fraction of sp³-hybridized carbons (Fsp3) is 0.206. The van der Waals surface area contributed by atoms with Gasteiger partial charge in [0.05, 0.1) is 23.0 Å². The molecule has 1 aliphatic heterocycles. The molecule has 12 heteroatoms. The Kier molecular flexibility index (Phi) is 9.88. The number of carbonyl (C=O) groups excluding carboxylic acids is 1. The van der Waals surface area contributed by atoms with Crippen LogP contribution in [0.5, 0.6) is 0 Å². The van der Waals surface area contributed by atoms with Crippen LogP contribution in [0.2, 0.25) is 0 Å². The van der Waals surface area contributed by atoms with Crippen LogP contribution in [0.15, 0.2) is 89.9 Å². The molecule has 0 aliphatic carbocycles. The third kappa shape index (κ3) is 6.68. The zero-order valence-electron chi connectivity index (χ0n) is 24.1. The van der Waals surface area contributed by atoms with Crippen LogP contribution >= 0.6 is 0 Å². The second kappa shape index (κ2) is 14.0. The largest absolute Gasteiger partial charge is 0.480 e. The zero-order chi connectivity index (χ0) is 33.0. The number of rotatable bonds is 10. The van der Waals surface area contributed by atoms with E-state index in [9.17, 15) is 41.8 Å². The van der Waals surface area contributed by atoms with Crippen molar-refractivity contribution in [3.8, 4) is 0 Å². The number of aliphatic carboxylic acids is 1. The lowest BCUT2D eigenvalue weighted by atomic mass is 9.97. The molecule has 3 N–H and O–H groups in total. The highest BCUT2D eigenvalue weighted by Gasteiger charge is 2.37. The number of anilines is 1. The molecular weight excluding hydrogens is 609 g/mol. The molecule has 1 aliphatic rings. The van der Waals surface area contributed by atoms with E-state index in [0.717, 1.165) is 12.0 Å². The van der Waals surface area contributed by atoms with E-state index in [-0.39, 0.29) is 28.4 Å². The number of aliphatic hydroxyl groups is 1. The van der Waals surface area contributed by atoms with Crippen molar-refractivity contribution in [3.63, 3.8) is 0 Å². The number of halogens is 5. The second-order valence-corrected chi connectivity index (χ2v) is 10.7. The van der Waals surface area contributed by atoms with Gasteiger partial charge in [0.25, 0.3) is 0 Å². The smallest absolute Gasteiger partial charge is 0.331 e. The number of carboxylic acids is 1. The van der Waals surface area contributed by atoms with Gasteiger partial charge in [-0.3, -0.25) is 14.7 Å². The molecule has 46 heavy (non-hydrogen) atoms. The molecule has 0 aromatic heterocycles. The fourth-order valence-corrected chi connectivity index (χ4v) is 5.48. The molecule has 0 bridgehead atoms. The number of benzene rings is 4. The summed E-state index contributed by atoms with van der Waals surface area (Å²) in [5.41, 5.74) is -0.137. The second-order valence-electron chi connectivity index (χ2n) is 10.7. The quantitative estimate of drug-likeness (QED) is 0.0856. The first-order valence-electron chi connectivity index (χ1n) is 14.3. The molecule has 0 saturated carbocycles. The minimum absolute atomic E-state index is 0.126. The summed E-state index contributed by atoms with van der Waals surface area (Å²) in [6.07, 6.45) is -1.40. The summed E-state index contributed by atoms with van der Waals surface area (Å²) in [6, 6.07) is 21.0. The summed E-state index contributed by atoms with van der Waals surface area (Å²) < 4.78 is 70.8. The number of hydrogen-bond acceptors (Lipinski definition) is 5. The molecule has 0 radical (unpaired) electrons. The third-order valence-corrected chi connectivity index (χ3v) is 7.74. The SMILES string of the molecule is O=C(O)[C@@H](N=C(c1ccccc1)c1ccccc1NC(=O)[C@@H]1CCCN1Cc1ccccc1)[C@H](O)c1c(F)c(F)c(F)c(F)c1F. The van der Waals surface area contributed by atoms with Crippen molar-refractivity contribution in [2.24, 2.45) is 4.99 Å². The Balaban J connectivity index is 1.54. The van der Waals surface area contributed by atoms with Gasteiger partial charge in [-0.25, -0.2) is 26.7 Å². The summed E-state index contributed by atoms with van der Waals surface area (Å²) >= 11 is 0. The van der Waals surface area contributed by atoms with Crippen LogP contribution in [0.3, 0.4) is 0 Å². The summed E-state index contributed by atoms with van der Waals surface area (Å²) in [7, 11) is 0. The number of hydrogen-bond donors (Lipinski definition) is 3. The van der Waals surface area contributed by atoms with Crippen molar-refractivity contribution < 1.29 is 41.8 Å². The van der Waals surface area contributed by atoms with Crippen LogP contribution in [-0.4, -0.2) is 51.3 Å². The van der Waals surface area contributed by atoms with Gasteiger partial charge in [0.2, 0.25) is 11.7 Å². The van der Waals surface area contributed by atoms with Crippen LogP contribution in [0.1, 0.15) is 41.2 Å². The van der Waals surface area contributed by atoms with Gasteiger partial charge in [-0.05, 0) is 31.0 Å². The number of carbonyl (C=O) groups is 2. The number of aliphatic imine (C=N–C) groups is 1. The number of amides is 1. The Morgan fingerprint density at radius 3 is 2.02 bits per heavy atom. The summed E-state index contributed by atoms with van der Waals surface area (Å²) in [5, 5.41) is 23.7. The molecule has 7 nitrogen and oxygen atoms in total. The molecular formula is C34H28F5N3O4. The van der Waals surface area contributed by atoms with E-state index in [1.807, 2.05) is 35.2 Å². The normalized spacial score (nSPS) is 16.7. The monoisotopic (exact) mass is 637 g/mol. The molecule has 0 spiro atoms. The Bertz CT molecular complexity index is 1740. The van der Waals surface area contributed by atoms with Crippen LogP contribution in [0.4, 0.5) is 27.6 Å². The molecule has 0 unspecified atom stereocenters. The maximum absolute atomic E-state index is 14.6. The molecule has 1 amide bonds. The number of aliphatic hydroxyl groups excluding tert-OH is 1. The van der Waals surface area contributed by atoms with E-state index in [1.165, 1.54) is 6.07 Å². The number of para-hydroxylation sites is 1. The lowest BCUT2D eigenvalue weighted by Gasteiger charge is -2.25. The molecule has 3 atom stereocenters. The van der Waals surface area contributed by atoms with E-state index >= 15 is 0 Å². The highest BCUT2D eigenvalue weighted by molar-refractivity contribution is 6.17. The lowest BCUT2D eigenvalue weighted by Crippen LogP contribution is -2.39. The highest BCUT2D eigenvalue weighted by atomic mass is 19.2. The van der Waals surface area contributed by atoms with Crippen LogP contribution < -0.4 is 5.32 Å². The molecule has 4 aromatic carbocycles. The van der Waals surface area contributed by atoms with Crippen molar-refractivity contribution >= 4 is 23.3 Å². The van der Waals surface area contributed by atoms with Gasteiger partial charge in [-0.2, -0.15) is 0 Å². The molecule has 4 aromatic rings. The van der Waals surface area contributed by atoms with Gasteiger partial charge in [0, 0.05) is 17.7 Å². The van der Waals surface area contributed by atoms with E-state index in [1.54, 1.807) is 48.5 Å². The fourth-order valence-electron chi connectivity index (χ4n) is 5.48. The predicted molar refractivity (Wildman–Crippen MR) is 160 cm³/mol. The van der Waals surface area contributed by atoms with E-state index in [0.29, 0.717) is 19.5 Å². The van der Waals surface area contributed by atoms with Crippen molar-refractivity contribution in [2.75, 3.05) is 11.9 Å². The first-order valence-corrected chi connectivity index (χ1v) is 14.3. The summed E-state index contributed by atoms with van der Waals surface area (Å²) in [5.74, 6) is -14.1. The summed E-state index contributed by atoms with van der Waals surface area (Å²) in [6.45, 7) is 1.24. The topological polar surface area (TPSA) is 102 Å². The number of nitrogens with zero attached hydrogens (tertiary/aromatic N) is 2. The van der Waals surface area contributed by atoms with Gasteiger partial charge >= 0.3 is 5.97 Å². The van der Waals surface area contributed by atoms with Crippen molar-refractivity contribution in [1.29, 1.82) is 0 Å². The lowest BCUT2D eigenvalue weighted by molar-refractivity contribution is -0.141. The molecule has 5 rings (SSSR count). The minimum atomic E-state index is -2.78. The maximum Gasteiger partial charge on any atom is 0.331 e. The Labute approximate surface area is 260 Å². The molecule has 1 saturated heterocycles. The number of carboxylic acid groups (broad SMARTS) is 1. The molecule has 1 fully saturated rings. The van der Waals surface area contributed by atoms with Gasteiger partial charge in [0.15, 0.2) is 29.3 Å². The Hall–Kier alpha value is -4.94. The van der Waals surface area contributed by atoms with Crippen molar-refractivity contribution in [3.05, 3.63) is 136 Å². The van der Waals surface area contributed by atoms with Crippen LogP contribution in [0.25, 0.3) is 0 Å². The van der Waals surface area contributed by atoms with Crippen molar-refractivity contribution in [2.45, 2.75) is 37.6 Å². The number of likely N-dealkylation sites (tertiary alicyclic amines) is 1. The van der Waals surface area contributed by atoms with E-state index < -0.39 is 58.8 Å². The Morgan fingerprint density at radius 1 is 0.826 bits per heavy atom. The standard InChI is InChI=1S/C34H28F5N3O4/c35-25-24(26(36)28(38)29(39)27(25)37)32(43)31(34(45)46)41-30(20-12-5-2-6-13-20)21-14-7-8-15-22(21)40-33(44)23-16-9-17-42(23)18-19-10-3-1-4-11-19/h1-8,10-15,23,31-32,43H,9,16-18H2,(H,40,44)(H,45,46)/t23-,31-,32+/m0/s1. The average molecular weight is 638 g/mol. The van der Waals surface area contributed by atoms with Crippen LogP contribution in [0, 0.1) is 29.1 Å². The first kappa shape index (κ1) is 32.5. The molecule has 1 heterocycles. The number of nitrogens with one attached hydrogen (secondary N) is 1. The van der Waals surface area contributed by atoms with Crippen molar-refractivity contribution in [1.82, 2.24) is 4.90 Å². The predicted octanol–water partition coefficient (Wildman–Crippen LogP) is 6.01. The van der Waals surface area contributed by atoms with E-state index in [2.05, 4.69) is 10.3 Å². The zero-order valence-corrected chi connectivity index (χ0v) is 24.1. The minimum Gasteiger partial charge on any atom is -0.480 e. The first-order chi connectivity index (χ1) is 22.1. The third-order valence-electron chi connectivity index (χ3n) is 7.74. The van der Waals surface area contributed by atoms with Crippen LogP contribution in [-0.2, 0) is 16.1 Å². The van der Waals surface area contributed by atoms with E-state index in [4.69, 9.17) is 0 Å². The van der Waals surface area contributed by atoms with Gasteiger partial charge in [-0.15, -0.1) is 0 Å². The Morgan fingerprint density at radius 2 is 1.39 bits per heavy atom. The van der Waals surface area contributed by atoms with Gasteiger partial charge < -0.3 is 15.5 Å². The maximum atomic E-state index is 14.6. The average Bonchev–Trinajstić information content (AvgIpc) is 3.53. The summed E-state index contributed by atoms with van der Waals surface area (Å²) in [4.78, 5) is 32.1.